The summed E-state index contributed by atoms with van der Waals surface area (Å²) in [6, 6.07) is 5.74. The number of fused-ring (bicyclic) bond motifs is 1. The van der Waals surface area contributed by atoms with Crippen molar-refractivity contribution in [2.45, 2.75) is 19.9 Å². The van der Waals surface area contributed by atoms with Crippen LogP contribution in [0.5, 0.6) is 0 Å². The number of hydrogen-bond donors (Lipinski definition) is 0. The maximum atomic E-state index is 11.9. The van der Waals surface area contributed by atoms with Crippen molar-refractivity contribution in [1.29, 1.82) is 0 Å². The minimum Gasteiger partial charge on any atom is -0.343 e. The number of carbonyl (C=O) groups excluding carboxylic acids is 1. The van der Waals surface area contributed by atoms with Crippen molar-refractivity contribution in [1.82, 2.24) is 24.8 Å². The van der Waals surface area contributed by atoms with Crippen molar-refractivity contribution in [3.63, 3.8) is 0 Å². The second-order valence-corrected chi connectivity index (χ2v) is 5.84. The van der Waals surface area contributed by atoms with Crippen molar-refractivity contribution >= 4 is 16.9 Å². The van der Waals surface area contributed by atoms with Gasteiger partial charge < -0.3 is 9.47 Å². The maximum absolute atomic E-state index is 11.9. The Kier molecular flexibility index (Phi) is 3.33. The molecule has 3 aromatic rings. The van der Waals surface area contributed by atoms with Crippen LogP contribution in [0.15, 0.2) is 35.2 Å². The number of aromatic nitrogens is 4. The van der Waals surface area contributed by atoms with Crippen LogP contribution in [0, 0.1) is 5.92 Å². The molecule has 0 radical (unpaired) electrons. The molecule has 1 saturated heterocycles. The first-order valence-corrected chi connectivity index (χ1v) is 7.77. The van der Waals surface area contributed by atoms with E-state index < -0.39 is 0 Å². The van der Waals surface area contributed by atoms with Gasteiger partial charge in [0, 0.05) is 49.9 Å². The first-order chi connectivity index (χ1) is 11.3. The Hall–Kier alpha value is -2.70. The van der Waals surface area contributed by atoms with Crippen LogP contribution in [0.1, 0.15) is 13.3 Å². The molecule has 0 N–H and O–H groups in total. The van der Waals surface area contributed by atoms with E-state index >= 15 is 0 Å². The van der Waals surface area contributed by atoms with Gasteiger partial charge in [-0.2, -0.15) is 0 Å². The highest BCUT2D eigenvalue weighted by Crippen LogP contribution is 2.27. The molecular formula is C16H17N5O2. The van der Waals surface area contributed by atoms with Gasteiger partial charge in [-0.05, 0) is 29.4 Å². The second-order valence-electron chi connectivity index (χ2n) is 5.84. The van der Waals surface area contributed by atoms with Gasteiger partial charge in [0.2, 0.25) is 5.91 Å². The van der Waals surface area contributed by atoms with E-state index in [2.05, 4.69) is 19.9 Å². The molecule has 1 fully saturated rings. The lowest BCUT2D eigenvalue weighted by Gasteiger charge is -2.15. The maximum Gasteiger partial charge on any atom is 0.222 e. The summed E-state index contributed by atoms with van der Waals surface area (Å²) in [5, 5.41) is 7.86. The summed E-state index contributed by atoms with van der Waals surface area (Å²) in [5.41, 5.74) is 2.31. The number of imidazole rings is 1. The van der Waals surface area contributed by atoms with E-state index in [-0.39, 0.29) is 5.91 Å². The Morgan fingerprint density at radius 3 is 3.09 bits per heavy atom. The molecule has 1 aliphatic heterocycles. The smallest absolute Gasteiger partial charge is 0.222 e. The molecule has 0 unspecified atom stereocenters. The Bertz CT molecular complexity index is 853. The molecule has 118 valence electrons. The Morgan fingerprint density at radius 1 is 1.35 bits per heavy atom. The Labute approximate surface area is 132 Å². The van der Waals surface area contributed by atoms with E-state index in [1.54, 1.807) is 6.20 Å². The van der Waals surface area contributed by atoms with Crippen LogP contribution < -0.4 is 0 Å². The molecule has 7 nitrogen and oxygen atoms in total. The molecule has 1 amide bonds. The normalized spacial score (nSPS) is 18.2. The van der Waals surface area contributed by atoms with Gasteiger partial charge in [0.05, 0.1) is 0 Å². The number of hydrogen-bond acceptors (Lipinski definition) is 5. The SMILES string of the molecule is CCN1C[C@@H](Cn2ccnc2-c2cccc3nonc23)CC1=O. The number of carbonyl (C=O) groups is 1. The highest BCUT2D eigenvalue weighted by molar-refractivity contribution is 5.88. The molecule has 7 heteroatoms. The zero-order valence-electron chi connectivity index (χ0n) is 12.8. The number of rotatable bonds is 4. The third kappa shape index (κ3) is 2.38. The summed E-state index contributed by atoms with van der Waals surface area (Å²) in [4.78, 5) is 18.3. The fraction of sp³-hybridized carbons (Fsp3) is 0.375. The third-order valence-corrected chi connectivity index (χ3v) is 4.37. The predicted molar refractivity (Wildman–Crippen MR) is 83.4 cm³/mol. The van der Waals surface area contributed by atoms with Crippen LogP contribution in [-0.4, -0.2) is 43.8 Å². The van der Waals surface area contributed by atoms with Crippen molar-refractivity contribution in [3.8, 4) is 11.4 Å². The molecule has 0 spiro atoms. The molecule has 23 heavy (non-hydrogen) atoms. The molecule has 1 aromatic carbocycles. The van der Waals surface area contributed by atoms with Gasteiger partial charge >= 0.3 is 0 Å². The van der Waals surface area contributed by atoms with Gasteiger partial charge in [-0.3, -0.25) is 4.79 Å². The third-order valence-electron chi connectivity index (χ3n) is 4.37. The van der Waals surface area contributed by atoms with Crippen LogP contribution in [0.25, 0.3) is 22.4 Å². The fourth-order valence-corrected chi connectivity index (χ4v) is 3.25. The van der Waals surface area contributed by atoms with Gasteiger partial charge in [0.15, 0.2) is 0 Å². The fourth-order valence-electron chi connectivity index (χ4n) is 3.25. The summed E-state index contributed by atoms with van der Waals surface area (Å²) < 4.78 is 6.92. The number of likely N-dealkylation sites (tertiary alicyclic amines) is 1. The minimum atomic E-state index is 0.238. The summed E-state index contributed by atoms with van der Waals surface area (Å²) in [5.74, 6) is 1.38. The van der Waals surface area contributed by atoms with Crippen molar-refractivity contribution < 1.29 is 9.42 Å². The molecule has 2 aromatic heterocycles. The lowest BCUT2D eigenvalue weighted by Crippen LogP contribution is -2.25. The van der Waals surface area contributed by atoms with E-state index in [4.69, 9.17) is 4.63 Å². The second kappa shape index (κ2) is 5.49. The Balaban J connectivity index is 1.64. The summed E-state index contributed by atoms with van der Waals surface area (Å²) in [6.45, 7) is 4.36. The first kappa shape index (κ1) is 13.9. The number of benzene rings is 1. The average Bonchev–Trinajstić information content (AvgIpc) is 3.26. The van der Waals surface area contributed by atoms with Gasteiger partial charge in [-0.1, -0.05) is 6.07 Å². The number of amides is 1. The van der Waals surface area contributed by atoms with E-state index in [1.165, 1.54) is 0 Å². The van der Waals surface area contributed by atoms with E-state index in [0.717, 1.165) is 31.0 Å². The van der Waals surface area contributed by atoms with Crippen LogP contribution in [0.4, 0.5) is 0 Å². The largest absolute Gasteiger partial charge is 0.343 e. The van der Waals surface area contributed by atoms with Gasteiger partial charge in [-0.15, -0.1) is 0 Å². The predicted octanol–water partition coefficient (Wildman–Crippen LogP) is 1.95. The number of nitrogens with zero attached hydrogens (tertiary/aromatic N) is 5. The molecule has 0 aliphatic carbocycles. The zero-order valence-corrected chi connectivity index (χ0v) is 12.8. The zero-order chi connectivity index (χ0) is 15.8. The van der Waals surface area contributed by atoms with Gasteiger partial charge in [0.25, 0.3) is 0 Å². The van der Waals surface area contributed by atoms with E-state index in [0.29, 0.717) is 23.4 Å². The molecule has 1 atom stereocenters. The van der Waals surface area contributed by atoms with E-state index in [1.807, 2.05) is 36.2 Å². The van der Waals surface area contributed by atoms with Gasteiger partial charge in [0.1, 0.15) is 16.9 Å². The first-order valence-electron chi connectivity index (χ1n) is 7.77. The quantitative estimate of drug-likeness (QED) is 0.736. The lowest BCUT2D eigenvalue weighted by molar-refractivity contribution is -0.127. The average molecular weight is 311 g/mol. The monoisotopic (exact) mass is 311 g/mol. The topological polar surface area (TPSA) is 77.1 Å². The molecule has 0 saturated carbocycles. The van der Waals surface area contributed by atoms with Gasteiger partial charge in [-0.25, -0.2) is 9.61 Å². The van der Waals surface area contributed by atoms with Crippen molar-refractivity contribution in [2.24, 2.45) is 5.92 Å². The Morgan fingerprint density at radius 2 is 2.26 bits per heavy atom. The van der Waals surface area contributed by atoms with Crippen LogP contribution >= 0.6 is 0 Å². The molecule has 1 aliphatic rings. The summed E-state index contributed by atoms with van der Waals surface area (Å²) >= 11 is 0. The van der Waals surface area contributed by atoms with Crippen molar-refractivity contribution in [2.75, 3.05) is 13.1 Å². The van der Waals surface area contributed by atoms with Crippen LogP contribution in [-0.2, 0) is 11.3 Å². The standard InChI is InChI=1S/C16H17N5O2/c1-2-20-9-11(8-14(20)22)10-21-7-6-17-16(21)12-4-3-5-13-15(12)19-23-18-13/h3-7,11H,2,8-10H2,1H3/t11-/m0/s1. The van der Waals surface area contributed by atoms with Crippen LogP contribution in [0.2, 0.25) is 0 Å². The lowest BCUT2D eigenvalue weighted by atomic mass is 10.1. The highest BCUT2D eigenvalue weighted by atomic mass is 16.6. The minimum absolute atomic E-state index is 0.238. The van der Waals surface area contributed by atoms with Crippen LogP contribution in [0.3, 0.4) is 0 Å². The highest BCUT2D eigenvalue weighted by Gasteiger charge is 2.29. The molecular weight excluding hydrogens is 294 g/mol. The summed E-state index contributed by atoms with van der Waals surface area (Å²) in [6.07, 6.45) is 4.32. The molecule has 3 heterocycles. The summed E-state index contributed by atoms with van der Waals surface area (Å²) in [7, 11) is 0. The van der Waals surface area contributed by atoms with Crippen molar-refractivity contribution in [3.05, 3.63) is 30.6 Å². The van der Waals surface area contributed by atoms with E-state index in [9.17, 15) is 4.79 Å². The molecule has 0 bridgehead atoms. The molecule has 4 rings (SSSR count).